The zero-order valence-corrected chi connectivity index (χ0v) is 28.6. The fraction of sp³-hybridized carbons (Fsp3) is 0.333. The third kappa shape index (κ3) is 11.4. The predicted octanol–water partition coefficient (Wildman–Crippen LogP) is 0.0261. The molecule has 0 bridgehead atoms. The number of H-pyrrole nitrogens is 1. The molecule has 0 radical (unpaired) electrons. The van der Waals surface area contributed by atoms with Crippen molar-refractivity contribution in [3.8, 4) is 5.75 Å². The third-order valence-corrected chi connectivity index (χ3v) is 8.40. The predicted molar refractivity (Wildman–Crippen MR) is 189 cm³/mol. The van der Waals surface area contributed by atoms with Crippen molar-refractivity contribution in [1.29, 1.82) is 0 Å². The van der Waals surface area contributed by atoms with Crippen molar-refractivity contribution in [2.24, 2.45) is 5.92 Å². The molecule has 2 aliphatic rings. The number of aromatic nitrogens is 4. The quantitative estimate of drug-likeness (QED) is 0.0939. The van der Waals surface area contributed by atoms with Gasteiger partial charge in [0.05, 0.1) is 25.7 Å². The second kappa shape index (κ2) is 18.6. The molecule has 272 valence electrons. The van der Waals surface area contributed by atoms with Crippen molar-refractivity contribution < 1.29 is 28.7 Å². The van der Waals surface area contributed by atoms with Gasteiger partial charge in [-0.25, -0.2) is 0 Å². The van der Waals surface area contributed by atoms with Gasteiger partial charge in [0, 0.05) is 5.92 Å². The molecule has 1 aliphatic heterocycles. The summed E-state index contributed by atoms with van der Waals surface area (Å²) in [5.41, 5.74) is 2.91. The maximum absolute atomic E-state index is 13.5. The number of carbonyl (C=O) groups excluding carboxylic acids is 5. The summed E-state index contributed by atoms with van der Waals surface area (Å²) < 4.78 is 5.62. The van der Waals surface area contributed by atoms with Crippen LogP contribution < -0.4 is 36.6 Å². The Morgan fingerprint density at radius 2 is 1.54 bits per heavy atom. The number of hydrogen-bond acceptors (Lipinski definition) is 10. The lowest BCUT2D eigenvalue weighted by Gasteiger charge is -2.23. The first-order chi connectivity index (χ1) is 25.2. The molecule has 7 N–H and O–H groups in total. The molecule has 4 atom stereocenters. The number of carbonyl (C=O) groups is 5. The zero-order chi connectivity index (χ0) is 36.7. The van der Waals surface area contributed by atoms with Crippen molar-refractivity contribution in [1.82, 2.24) is 52.5 Å². The number of fused-ring (bicyclic) bond motifs is 1. The minimum absolute atomic E-state index is 0.00857. The highest BCUT2D eigenvalue weighted by Gasteiger charge is 2.32. The number of nitrogens with zero attached hydrogens (tertiary/aromatic N) is 3. The van der Waals surface area contributed by atoms with E-state index in [1.54, 1.807) is 12.1 Å². The minimum Gasteiger partial charge on any atom is -0.484 e. The van der Waals surface area contributed by atoms with Gasteiger partial charge in [0.15, 0.2) is 12.4 Å². The first-order valence-electron chi connectivity index (χ1n) is 16.9. The number of aryl methyl sites for hydroxylation is 2. The van der Waals surface area contributed by atoms with Gasteiger partial charge in [-0.15, -0.1) is 10.2 Å². The van der Waals surface area contributed by atoms with E-state index in [1.807, 2.05) is 79.9 Å². The van der Waals surface area contributed by atoms with E-state index < -0.39 is 48.2 Å². The maximum atomic E-state index is 13.5. The second-order valence-electron chi connectivity index (χ2n) is 12.3. The summed E-state index contributed by atoms with van der Waals surface area (Å²) in [7, 11) is 0. The maximum Gasteiger partial charge on any atom is 0.258 e. The molecule has 5 rings (SSSR count). The fourth-order valence-corrected chi connectivity index (χ4v) is 5.63. The van der Waals surface area contributed by atoms with Gasteiger partial charge in [0.1, 0.15) is 17.8 Å². The number of hydrogen-bond donors (Lipinski definition) is 7. The molecular weight excluding hydrogens is 668 g/mol. The van der Waals surface area contributed by atoms with Crippen LogP contribution in [0.1, 0.15) is 29.8 Å². The molecule has 2 heterocycles. The van der Waals surface area contributed by atoms with Gasteiger partial charge >= 0.3 is 0 Å². The van der Waals surface area contributed by atoms with E-state index in [-0.39, 0.29) is 50.3 Å². The van der Waals surface area contributed by atoms with Crippen LogP contribution in [0.4, 0.5) is 0 Å². The van der Waals surface area contributed by atoms with E-state index in [0.717, 1.165) is 16.7 Å². The Morgan fingerprint density at radius 3 is 2.29 bits per heavy atom. The Balaban J connectivity index is 1.17. The van der Waals surface area contributed by atoms with Crippen LogP contribution in [0.2, 0.25) is 0 Å². The number of tetrazole rings is 1. The Hall–Kier alpha value is -6.32. The SMILES string of the molecule is Cc1ccc(OCC(=O)N[C@@H](CC2=CNC3C=CC=CC23)C(=O)NCC(=O)N[C@@H](CCc2ccccc2)C(=O)NCC(=O)NCc2nn[nH]n2)cc1. The summed E-state index contributed by atoms with van der Waals surface area (Å²) in [4.78, 5) is 65.2. The van der Waals surface area contributed by atoms with E-state index in [2.05, 4.69) is 52.5 Å². The van der Waals surface area contributed by atoms with Crippen molar-refractivity contribution in [2.75, 3.05) is 19.7 Å². The number of aromatic amines is 1. The first-order valence-corrected chi connectivity index (χ1v) is 16.9. The molecule has 52 heavy (non-hydrogen) atoms. The van der Waals surface area contributed by atoms with Crippen molar-refractivity contribution in [3.63, 3.8) is 0 Å². The number of rotatable bonds is 18. The van der Waals surface area contributed by atoms with Gasteiger partial charge in [0.25, 0.3) is 5.91 Å². The highest BCUT2D eigenvalue weighted by Crippen LogP contribution is 2.29. The molecular formula is C36H42N10O6. The Kier molecular flexibility index (Phi) is 13.2. The Morgan fingerprint density at radius 1 is 0.827 bits per heavy atom. The molecule has 1 aromatic heterocycles. The summed E-state index contributed by atoms with van der Waals surface area (Å²) in [5, 5.41) is 29.7. The molecule has 3 aromatic rings. The van der Waals surface area contributed by atoms with Gasteiger partial charge in [-0.2, -0.15) is 5.21 Å². The number of ether oxygens (including phenoxy) is 1. The molecule has 16 heteroatoms. The Labute approximate surface area is 300 Å². The van der Waals surface area contributed by atoms with E-state index in [1.165, 1.54) is 0 Å². The standard InChI is InChI=1S/C36H42N10O6/c1-23-11-14-26(15-12-23)52-22-34(49)42-30(17-25-18-37-28-10-6-5-9-27(25)28)36(51)40-21-33(48)41-29(16-13-24-7-3-2-4-8-24)35(50)39-20-32(47)38-19-31-43-45-46-44-31/h2-12,14-15,18,27-30,37H,13,16-17,19-22H2,1H3,(H,38,47)(H,39,50)(H,40,51)(H,41,48)(H,42,49)(H,43,44,45,46)/t27?,28?,29-,30-/m0/s1. The normalized spacial score (nSPS) is 16.7. The van der Waals surface area contributed by atoms with E-state index in [4.69, 9.17) is 4.74 Å². The zero-order valence-electron chi connectivity index (χ0n) is 28.6. The number of nitrogens with one attached hydrogen (secondary N) is 7. The van der Waals surface area contributed by atoms with Crippen LogP contribution in [0.25, 0.3) is 0 Å². The van der Waals surface area contributed by atoms with E-state index >= 15 is 0 Å². The fourth-order valence-electron chi connectivity index (χ4n) is 5.63. The van der Waals surface area contributed by atoms with Gasteiger partial charge in [-0.3, -0.25) is 24.0 Å². The summed E-state index contributed by atoms with van der Waals surface area (Å²) in [6.07, 6.45) is 10.6. The number of amides is 5. The summed E-state index contributed by atoms with van der Waals surface area (Å²) >= 11 is 0. The summed E-state index contributed by atoms with van der Waals surface area (Å²) in [6, 6.07) is 14.7. The molecule has 0 saturated carbocycles. The lowest BCUT2D eigenvalue weighted by Crippen LogP contribution is -2.53. The Bertz CT molecular complexity index is 1780. The summed E-state index contributed by atoms with van der Waals surface area (Å²) in [5.74, 6) is -1.99. The van der Waals surface area contributed by atoms with E-state index in [0.29, 0.717) is 12.2 Å². The number of benzene rings is 2. The van der Waals surface area contributed by atoms with Crippen LogP contribution in [-0.2, 0) is 36.9 Å². The second-order valence-corrected chi connectivity index (χ2v) is 12.3. The van der Waals surface area contributed by atoms with Crippen LogP contribution in [0.3, 0.4) is 0 Å². The van der Waals surface area contributed by atoms with Gasteiger partial charge in [-0.1, -0.05) is 77.5 Å². The highest BCUT2D eigenvalue weighted by atomic mass is 16.5. The summed E-state index contributed by atoms with van der Waals surface area (Å²) in [6.45, 7) is 0.835. The van der Waals surface area contributed by atoms with Crippen LogP contribution in [0.15, 0.2) is 90.7 Å². The molecule has 0 saturated heterocycles. The molecule has 1 aliphatic carbocycles. The van der Waals surface area contributed by atoms with Crippen LogP contribution in [0.5, 0.6) is 5.75 Å². The van der Waals surface area contributed by atoms with Crippen LogP contribution >= 0.6 is 0 Å². The molecule has 16 nitrogen and oxygen atoms in total. The van der Waals surface area contributed by atoms with Crippen molar-refractivity contribution >= 4 is 29.5 Å². The first kappa shape index (κ1) is 36.9. The average Bonchev–Trinajstić information content (AvgIpc) is 3.84. The lowest BCUT2D eigenvalue weighted by molar-refractivity contribution is -0.132. The molecule has 2 unspecified atom stereocenters. The van der Waals surface area contributed by atoms with Gasteiger partial charge < -0.3 is 36.6 Å². The average molecular weight is 711 g/mol. The smallest absolute Gasteiger partial charge is 0.258 e. The highest BCUT2D eigenvalue weighted by molar-refractivity contribution is 5.93. The molecule has 0 fully saturated rings. The van der Waals surface area contributed by atoms with E-state index in [9.17, 15) is 24.0 Å². The van der Waals surface area contributed by atoms with Crippen LogP contribution in [0, 0.1) is 12.8 Å². The largest absolute Gasteiger partial charge is 0.484 e. The lowest BCUT2D eigenvalue weighted by atomic mass is 9.88. The third-order valence-electron chi connectivity index (χ3n) is 8.40. The number of allylic oxidation sites excluding steroid dienone is 2. The molecule has 5 amide bonds. The molecule has 0 spiro atoms. The van der Waals surface area contributed by atoms with Gasteiger partial charge in [-0.05, 0) is 55.7 Å². The topological polar surface area (TPSA) is 221 Å². The molecule has 2 aromatic carbocycles. The minimum atomic E-state index is -1.02. The monoisotopic (exact) mass is 710 g/mol. The van der Waals surface area contributed by atoms with Crippen LogP contribution in [-0.4, -0.2) is 88.0 Å². The van der Waals surface area contributed by atoms with Crippen molar-refractivity contribution in [2.45, 2.75) is 50.9 Å². The van der Waals surface area contributed by atoms with Gasteiger partial charge in [0.2, 0.25) is 23.6 Å². The van der Waals surface area contributed by atoms with Crippen molar-refractivity contribution in [3.05, 3.63) is 108 Å².